The van der Waals surface area contributed by atoms with E-state index in [0.29, 0.717) is 17.1 Å². The Morgan fingerprint density at radius 1 is 1.00 bits per heavy atom. The van der Waals surface area contributed by atoms with Crippen molar-refractivity contribution in [3.8, 4) is 5.75 Å². The number of hydrogen-bond acceptors (Lipinski definition) is 6. The first-order chi connectivity index (χ1) is 15.3. The number of methoxy groups -OCH3 is 1. The molecule has 1 heterocycles. The normalized spacial score (nSPS) is 13.4. The van der Waals surface area contributed by atoms with Crippen LogP contribution in [0, 0.1) is 18.8 Å². The van der Waals surface area contributed by atoms with Crippen LogP contribution in [0.2, 0.25) is 0 Å². The molecule has 166 valence electrons. The lowest BCUT2D eigenvalue weighted by atomic mass is 10.00. The monoisotopic (exact) mass is 451 g/mol. The molecule has 0 atom stereocenters. The van der Waals surface area contributed by atoms with E-state index in [1.807, 2.05) is 38.1 Å². The smallest absolute Gasteiger partial charge is 0.265 e. The average molecular weight is 452 g/mol. The maximum absolute atomic E-state index is 13.1. The van der Waals surface area contributed by atoms with E-state index in [1.165, 1.54) is 7.11 Å². The molecule has 8 heteroatoms. The minimum Gasteiger partial charge on any atom is -0.495 e. The number of sulfonamides is 1. The van der Waals surface area contributed by atoms with Gasteiger partial charge in [0.15, 0.2) is 0 Å². The lowest BCUT2D eigenvalue weighted by Crippen LogP contribution is -2.24. The third kappa shape index (κ3) is 4.05. The van der Waals surface area contributed by atoms with Gasteiger partial charge in [-0.1, -0.05) is 12.1 Å². The van der Waals surface area contributed by atoms with Crippen LogP contribution in [-0.2, 0) is 16.4 Å². The molecule has 1 aliphatic heterocycles. The van der Waals surface area contributed by atoms with Gasteiger partial charge in [-0.2, -0.15) is 0 Å². The summed E-state index contributed by atoms with van der Waals surface area (Å²) in [6, 6.07) is 16.0. The summed E-state index contributed by atoms with van der Waals surface area (Å²) in [6.45, 7) is 4.53. The van der Waals surface area contributed by atoms with Gasteiger partial charge in [0.2, 0.25) is 0 Å². The van der Waals surface area contributed by atoms with Gasteiger partial charge >= 0.3 is 0 Å². The van der Waals surface area contributed by atoms with Crippen molar-refractivity contribution in [3.05, 3.63) is 76.2 Å². The number of hydrogen-bond donors (Lipinski definition) is 1. The first kappa shape index (κ1) is 21.8. The summed E-state index contributed by atoms with van der Waals surface area (Å²) in [7, 11) is -2.38. The zero-order valence-corrected chi connectivity index (χ0v) is 19.1. The maximum Gasteiger partial charge on any atom is 0.265 e. The molecule has 1 aliphatic rings. The highest BCUT2D eigenvalue weighted by Crippen LogP contribution is 2.39. The molecule has 0 spiro atoms. The topological polar surface area (TPSA) is 88.1 Å². The number of para-hydroxylation sites is 1. The van der Waals surface area contributed by atoms with Crippen molar-refractivity contribution < 1.29 is 13.2 Å². The molecule has 4 rings (SSSR count). The largest absolute Gasteiger partial charge is 0.495 e. The summed E-state index contributed by atoms with van der Waals surface area (Å²) in [4.78, 5) is 13.4. The zero-order valence-electron chi connectivity index (χ0n) is 18.3. The third-order valence-corrected chi connectivity index (χ3v) is 7.19. The van der Waals surface area contributed by atoms with Crippen LogP contribution in [0.25, 0.3) is 0 Å². The predicted molar refractivity (Wildman–Crippen MR) is 127 cm³/mol. The fraction of sp³-hybridized carbons (Fsp3) is 0.250. The first-order valence-electron chi connectivity index (χ1n) is 10.3. The summed E-state index contributed by atoms with van der Waals surface area (Å²) in [5.41, 5.74) is 5.38. The summed E-state index contributed by atoms with van der Waals surface area (Å²) in [5.74, 6) is 0.308. The molecular weight excluding hydrogens is 426 g/mol. The number of aryl methyl sites for hydroxylation is 3. The molecule has 1 N–H and O–H groups in total. The number of benzene rings is 3. The molecule has 3 aromatic rings. The molecule has 32 heavy (non-hydrogen) atoms. The van der Waals surface area contributed by atoms with Gasteiger partial charge in [-0.3, -0.25) is 4.72 Å². The van der Waals surface area contributed by atoms with E-state index in [4.69, 9.17) is 4.74 Å². The Morgan fingerprint density at radius 3 is 2.50 bits per heavy atom. The van der Waals surface area contributed by atoms with Crippen molar-refractivity contribution >= 4 is 32.8 Å². The van der Waals surface area contributed by atoms with Crippen molar-refractivity contribution in [2.45, 2.75) is 31.6 Å². The molecule has 0 amide bonds. The Labute approximate surface area is 188 Å². The van der Waals surface area contributed by atoms with Gasteiger partial charge in [-0.15, -0.1) is 4.91 Å². The molecule has 0 saturated carbocycles. The Bertz CT molecular complexity index is 1290. The van der Waals surface area contributed by atoms with E-state index in [2.05, 4.69) is 14.8 Å². The van der Waals surface area contributed by atoms with Crippen molar-refractivity contribution in [1.29, 1.82) is 0 Å². The lowest BCUT2D eigenvalue weighted by molar-refractivity contribution is 0.402. The van der Waals surface area contributed by atoms with Gasteiger partial charge < -0.3 is 9.64 Å². The lowest BCUT2D eigenvalue weighted by Gasteiger charge is -2.32. The number of nitroso groups, excluding NO2 is 1. The van der Waals surface area contributed by atoms with Crippen LogP contribution in [0.3, 0.4) is 0 Å². The molecule has 0 fully saturated rings. The molecule has 0 aromatic heterocycles. The molecular formula is C24H25N3O4S. The zero-order chi connectivity index (χ0) is 22.9. The van der Waals surface area contributed by atoms with Crippen molar-refractivity contribution in [2.24, 2.45) is 5.18 Å². The fourth-order valence-electron chi connectivity index (χ4n) is 4.02. The van der Waals surface area contributed by atoms with Gasteiger partial charge in [0.1, 0.15) is 16.3 Å². The Kier molecular flexibility index (Phi) is 5.88. The number of nitrogens with one attached hydrogen (secondary N) is 1. The standard InChI is InChI=1S/C24H25N3O4S/c1-16-13-23(31-3)24(14-17(16)2)32(29,30)26-19-10-11-21-18(15-19)7-6-12-27(21)22-9-5-4-8-20(22)25-28/h4-5,8-11,13-15,26H,6-7,12H2,1-3H3. The van der Waals surface area contributed by atoms with Crippen molar-refractivity contribution in [1.82, 2.24) is 0 Å². The molecule has 0 radical (unpaired) electrons. The number of rotatable bonds is 6. The van der Waals surface area contributed by atoms with Gasteiger partial charge in [-0.05, 0) is 91.0 Å². The Hall–Kier alpha value is -3.39. The average Bonchev–Trinajstić information content (AvgIpc) is 2.79. The quantitative estimate of drug-likeness (QED) is 0.493. The molecule has 0 saturated heterocycles. The highest BCUT2D eigenvalue weighted by molar-refractivity contribution is 7.92. The van der Waals surface area contributed by atoms with E-state index in [0.717, 1.165) is 47.5 Å². The number of ether oxygens (including phenoxy) is 1. The van der Waals surface area contributed by atoms with Crippen LogP contribution in [0.1, 0.15) is 23.1 Å². The van der Waals surface area contributed by atoms with Gasteiger partial charge in [0.25, 0.3) is 10.0 Å². The van der Waals surface area contributed by atoms with Crippen LogP contribution < -0.4 is 14.4 Å². The number of nitrogens with zero attached hydrogens (tertiary/aromatic N) is 2. The van der Waals surface area contributed by atoms with Gasteiger partial charge in [0, 0.05) is 17.9 Å². The van der Waals surface area contributed by atoms with E-state index in [1.54, 1.807) is 30.3 Å². The van der Waals surface area contributed by atoms with Crippen LogP contribution >= 0.6 is 0 Å². The summed E-state index contributed by atoms with van der Waals surface area (Å²) in [6.07, 6.45) is 1.69. The van der Waals surface area contributed by atoms with Gasteiger partial charge in [0.05, 0.1) is 12.8 Å². The highest BCUT2D eigenvalue weighted by Gasteiger charge is 2.24. The molecule has 0 unspecified atom stereocenters. The van der Waals surface area contributed by atoms with E-state index in [-0.39, 0.29) is 4.90 Å². The van der Waals surface area contributed by atoms with E-state index >= 15 is 0 Å². The summed E-state index contributed by atoms with van der Waals surface area (Å²) < 4.78 is 34.3. The summed E-state index contributed by atoms with van der Waals surface area (Å²) >= 11 is 0. The minimum atomic E-state index is -3.84. The Balaban J connectivity index is 1.68. The van der Waals surface area contributed by atoms with Crippen molar-refractivity contribution in [2.75, 3.05) is 23.3 Å². The van der Waals surface area contributed by atoms with Crippen molar-refractivity contribution in [3.63, 3.8) is 0 Å². The second kappa shape index (κ2) is 8.63. The van der Waals surface area contributed by atoms with Gasteiger partial charge in [-0.25, -0.2) is 8.42 Å². The highest BCUT2D eigenvalue weighted by atomic mass is 32.2. The fourth-order valence-corrected chi connectivity index (χ4v) is 5.31. The maximum atomic E-state index is 13.1. The second-order valence-electron chi connectivity index (χ2n) is 7.87. The molecule has 3 aromatic carbocycles. The third-order valence-electron chi connectivity index (χ3n) is 5.79. The molecule has 0 bridgehead atoms. The van der Waals surface area contributed by atoms with Crippen LogP contribution in [-0.4, -0.2) is 22.1 Å². The van der Waals surface area contributed by atoms with E-state index in [9.17, 15) is 13.3 Å². The van der Waals surface area contributed by atoms with Crippen LogP contribution in [0.5, 0.6) is 5.75 Å². The predicted octanol–water partition coefficient (Wildman–Crippen LogP) is 5.60. The number of fused-ring (bicyclic) bond motifs is 1. The van der Waals surface area contributed by atoms with Crippen LogP contribution in [0.4, 0.5) is 22.7 Å². The molecule has 0 aliphatic carbocycles. The SMILES string of the molecule is COc1cc(C)c(C)cc1S(=O)(=O)Nc1ccc2c(c1)CCCN2c1ccccc1N=O. The second-order valence-corrected chi connectivity index (χ2v) is 9.52. The Morgan fingerprint density at radius 2 is 1.75 bits per heavy atom. The summed E-state index contributed by atoms with van der Waals surface area (Å²) in [5, 5.41) is 3.15. The van der Waals surface area contributed by atoms with Crippen LogP contribution in [0.15, 0.2) is 64.7 Å². The minimum absolute atomic E-state index is 0.105. The number of anilines is 3. The first-order valence-corrected chi connectivity index (χ1v) is 11.8. The van der Waals surface area contributed by atoms with E-state index < -0.39 is 10.0 Å². The molecule has 7 nitrogen and oxygen atoms in total.